The van der Waals surface area contributed by atoms with E-state index in [1.807, 2.05) is 24.3 Å². The van der Waals surface area contributed by atoms with Gasteiger partial charge in [0.05, 0.1) is 16.8 Å². The van der Waals surface area contributed by atoms with Crippen molar-refractivity contribution in [3.8, 4) is 23.1 Å². The Labute approximate surface area is 219 Å². The highest BCUT2D eigenvalue weighted by molar-refractivity contribution is 6.06. The smallest absolute Gasteiger partial charge is 0.323 e. The van der Waals surface area contributed by atoms with Gasteiger partial charge in [0.15, 0.2) is 0 Å². The van der Waals surface area contributed by atoms with E-state index in [-0.39, 0.29) is 18.5 Å². The number of nitrogens with two attached hydrogens (primary N) is 1. The largest absolute Gasteiger partial charge is 0.480 e. The Bertz CT molecular complexity index is 1570. The van der Waals surface area contributed by atoms with Crippen LogP contribution in [0.5, 0.6) is 0 Å². The number of nitrogens with zero attached hydrogens (tertiary/aromatic N) is 3. The first kappa shape index (κ1) is 26.0. The topological polar surface area (TPSA) is 139 Å². The second-order valence-corrected chi connectivity index (χ2v) is 8.75. The zero-order valence-corrected chi connectivity index (χ0v) is 20.8. The summed E-state index contributed by atoms with van der Waals surface area (Å²) in [5.74, 6) is 9.68. The number of fused-ring (bicyclic) bond motifs is 1. The monoisotopic (exact) mass is 507 g/mol. The lowest BCUT2D eigenvalue weighted by Gasteiger charge is -2.24. The number of aromatic nitrogens is 2. The Morgan fingerprint density at radius 1 is 1.00 bits per heavy atom. The number of hydrazine groups is 1. The number of benzene rings is 2. The van der Waals surface area contributed by atoms with Gasteiger partial charge in [-0.1, -0.05) is 24.0 Å². The Morgan fingerprint density at radius 2 is 1.63 bits per heavy atom. The van der Waals surface area contributed by atoms with Crippen molar-refractivity contribution in [3.05, 3.63) is 95.3 Å². The van der Waals surface area contributed by atoms with Gasteiger partial charge in [-0.2, -0.15) is 0 Å². The van der Waals surface area contributed by atoms with E-state index in [1.54, 1.807) is 62.6 Å². The van der Waals surface area contributed by atoms with Crippen LogP contribution in [0.3, 0.4) is 0 Å². The Hall–Kier alpha value is -5.07. The van der Waals surface area contributed by atoms with Gasteiger partial charge in [-0.05, 0) is 62.4 Å². The molecule has 0 radical (unpaired) electrons. The number of hydrogen-bond acceptors (Lipinski definition) is 6. The predicted octanol–water partition coefficient (Wildman–Crippen LogP) is 3.24. The summed E-state index contributed by atoms with van der Waals surface area (Å²) in [6, 6.07) is 17.4. The van der Waals surface area contributed by atoms with Crippen LogP contribution in [-0.2, 0) is 4.79 Å². The number of pyridine rings is 2. The molecule has 190 valence electrons. The van der Waals surface area contributed by atoms with Crippen molar-refractivity contribution in [3.63, 3.8) is 0 Å². The van der Waals surface area contributed by atoms with Gasteiger partial charge in [0.1, 0.15) is 6.54 Å². The number of aliphatic carboxylic acids is 1. The fraction of sp³-hybridized carbons (Fsp3) is 0.138. The molecule has 4 rings (SSSR count). The maximum atomic E-state index is 12.7. The highest BCUT2D eigenvalue weighted by Gasteiger charge is 2.21. The van der Waals surface area contributed by atoms with E-state index >= 15 is 0 Å². The minimum atomic E-state index is -1.06. The van der Waals surface area contributed by atoms with Crippen LogP contribution < -0.4 is 11.3 Å². The lowest BCUT2D eigenvalue weighted by atomic mass is 10.0. The molecule has 0 atom stereocenters. The zero-order chi connectivity index (χ0) is 27.2. The predicted molar refractivity (Wildman–Crippen MR) is 143 cm³/mol. The molecule has 2 aromatic heterocycles. The third-order valence-electron chi connectivity index (χ3n) is 5.84. The first-order valence-corrected chi connectivity index (χ1v) is 11.8. The minimum absolute atomic E-state index is 0.243. The number of hydrogen-bond donors (Lipinski definition) is 3. The van der Waals surface area contributed by atoms with Crippen LogP contribution in [-0.4, -0.2) is 50.3 Å². The van der Waals surface area contributed by atoms with Gasteiger partial charge in [-0.25, -0.2) is 10.8 Å². The first-order valence-electron chi connectivity index (χ1n) is 11.8. The molecule has 0 aliphatic carbocycles. The van der Waals surface area contributed by atoms with E-state index < -0.39 is 11.9 Å². The molecule has 0 spiro atoms. The van der Waals surface area contributed by atoms with Gasteiger partial charge in [0.2, 0.25) is 0 Å². The molecular formula is C29H25N5O4. The normalized spacial score (nSPS) is 10.5. The van der Waals surface area contributed by atoms with Crippen molar-refractivity contribution in [2.45, 2.75) is 19.9 Å². The van der Waals surface area contributed by atoms with E-state index in [0.717, 1.165) is 11.1 Å². The molecule has 2 heterocycles. The average Bonchev–Trinajstić information content (AvgIpc) is 2.93. The lowest BCUT2D eigenvalue weighted by molar-refractivity contribution is -0.138. The van der Waals surface area contributed by atoms with Crippen molar-refractivity contribution >= 4 is 28.7 Å². The molecule has 0 aliphatic heterocycles. The summed E-state index contributed by atoms with van der Waals surface area (Å²) in [6.07, 6.45) is 3.19. The third kappa shape index (κ3) is 5.83. The third-order valence-corrected chi connectivity index (χ3v) is 5.84. The number of carboxylic acid groups (broad SMARTS) is 1. The van der Waals surface area contributed by atoms with Gasteiger partial charge in [-0.15, -0.1) is 0 Å². The van der Waals surface area contributed by atoms with Crippen LogP contribution in [0.1, 0.15) is 45.7 Å². The zero-order valence-electron chi connectivity index (χ0n) is 20.8. The SMILES string of the molecule is CC(C)N(CC(=O)O)C(=O)c1ccc(C#Cc2ccc(-c3cc(C(=O)NN)c4cnccc4n3)cc2)cc1. The molecule has 38 heavy (non-hydrogen) atoms. The van der Waals surface area contributed by atoms with Crippen LogP contribution in [0.25, 0.3) is 22.2 Å². The van der Waals surface area contributed by atoms with Gasteiger partial charge >= 0.3 is 5.97 Å². The molecule has 0 bridgehead atoms. The second kappa shape index (κ2) is 11.3. The van der Waals surface area contributed by atoms with E-state index in [9.17, 15) is 14.4 Å². The molecule has 4 aromatic rings. The average molecular weight is 508 g/mol. The van der Waals surface area contributed by atoms with E-state index in [2.05, 4.69) is 27.2 Å². The van der Waals surface area contributed by atoms with Crippen molar-refractivity contribution in [1.29, 1.82) is 0 Å². The van der Waals surface area contributed by atoms with Gasteiger partial charge in [0.25, 0.3) is 11.8 Å². The molecule has 0 unspecified atom stereocenters. The van der Waals surface area contributed by atoms with E-state index in [4.69, 9.17) is 10.9 Å². The van der Waals surface area contributed by atoms with Crippen molar-refractivity contribution in [1.82, 2.24) is 20.3 Å². The quantitative estimate of drug-likeness (QED) is 0.158. The maximum Gasteiger partial charge on any atom is 0.323 e. The van der Waals surface area contributed by atoms with Gasteiger partial charge < -0.3 is 10.0 Å². The van der Waals surface area contributed by atoms with Crippen LogP contribution in [0.2, 0.25) is 0 Å². The van der Waals surface area contributed by atoms with Gasteiger partial charge in [-0.3, -0.25) is 24.8 Å². The molecule has 0 aliphatic rings. The minimum Gasteiger partial charge on any atom is -0.480 e. The maximum absolute atomic E-state index is 12.7. The number of carbonyl (C=O) groups is 3. The molecule has 0 fully saturated rings. The number of carbonyl (C=O) groups excluding carboxylic acids is 2. The highest BCUT2D eigenvalue weighted by atomic mass is 16.4. The molecule has 2 aromatic carbocycles. The second-order valence-electron chi connectivity index (χ2n) is 8.75. The molecule has 0 saturated heterocycles. The Morgan fingerprint density at radius 3 is 2.21 bits per heavy atom. The first-order chi connectivity index (χ1) is 18.3. The summed E-state index contributed by atoms with van der Waals surface area (Å²) >= 11 is 0. The summed E-state index contributed by atoms with van der Waals surface area (Å²) in [5, 5.41) is 9.69. The fourth-order valence-corrected chi connectivity index (χ4v) is 3.85. The molecule has 9 heteroatoms. The number of nitrogen functional groups attached to an aromatic ring is 1. The summed E-state index contributed by atoms with van der Waals surface area (Å²) in [6.45, 7) is 3.19. The number of rotatable bonds is 6. The molecule has 2 amide bonds. The van der Waals surface area contributed by atoms with Gasteiger partial charge in [0, 0.05) is 46.1 Å². The lowest BCUT2D eigenvalue weighted by Crippen LogP contribution is -2.40. The number of nitrogens with one attached hydrogen (secondary N) is 1. The standard InChI is InChI=1S/C29H25N5O4/c1-18(2)34(17-27(35)36)29(38)22-11-7-20(8-12-22)4-3-19-5-9-21(10-6-19)26-15-23(28(37)33-30)24-16-31-14-13-25(24)32-26/h5-16,18H,17,30H2,1-2H3,(H,33,37)(H,35,36). The van der Waals surface area contributed by atoms with Crippen molar-refractivity contribution in [2.75, 3.05) is 6.54 Å². The molecule has 4 N–H and O–H groups in total. The summed E-state index contributed by atoms with van der Waals surface area (Å²) in [4.78, 5) is 46.1. The molecule has 0 saturated carbocycles. The summed E-state index contributed by atoms with van der Waals surface area (Å²) < 4.78 is 0. The van der Waals surface area contributed by atoms with E-state index in [0.29, 0.717) is 33.3 Å². The molecule has 9 nitrogen and oxygen atoms in total. The van der Waals surface area contributed by atoms with Crippen molar-refractivity contribution in [2.24, 2.45) is 5.84 Å². The Kier molecular flexibility index (Phi) is 7.75. The highest BCUT2D eigenvalue weighted by Crippen LogP contribution is 2.24. The van der Waals surface area contributed by atoms with Crippen LogP contribution >= 0.6 is 0 Å². The summed E-state index contributed by atoms with van der Waals surface area (Å²) in [7, 11) is 0. The molecular weight excluding hydrogens is 482 g/mol. The van der Waals surface area contributed by atoms with Crippen LogP contribution in [0.4, 0.5) is 0 Å². The Balaban J connectivity index is 1.53. The number of carboxylic acids is 1. The van der Waals surface area contributed by atoms with E-state index in [1.165, 1.54) is 4.90 Å². The number of amides is 2. The van der Waals surface area contributed by atoms with Crippen LogP contribution in [0.15, 0.2) is 73.1 Å². The van der Waals surface area contributed by atoms with Crippen LogP contribution in [0, 0.1) is 11.8 Å². The van der Waals surface area contributed by atoms with Crippen molar-refractivity contribution < 1.29 is 19.5 Å². The summed E-state index contributed by atoms with van der Waals surface area (Å²) in [5.41, 5.74) is 6.47. The fourth-order valence-electron chi connectivity index (χ4n) is 3.85.